The first kappa shape index (κ1) is 11.8. The highest BCUT2D eigenvalue weighted by Crippen LogP contribution is 2.36. The van der Waals surface area contributed by atoms with Crippen molar-refractivity contribution in [2.24, 2.45) is 7.05 Å². The van der Waals surface area contributed by atoms with Gasteiger partial charge in [-0.05, 0) is 24.7 Å². The SMILES string of the molecule is CNCc1cn(C)c2c(OC)ccc(OC)c12. The zero-order valence-corrected chi connectivity index (χ0v) is 10.7. The molecule has 1 aromatic heterocycles. The Hall–Kier alpha value is -1.68. The normalized spacial score (nSPS) is 10.8. The van der Waals surface area contributed by atoms with E-state index in [1.54, 1.807) is 14.2 Å². The van der Waals surface area contributed by atoms with E-state index in [9.17, 15) is 0 Å². The van der Waals surface area contributed by atoms with Crippen molar-refractivity contribution in [3.8, 4) is 11.5 Å². The minimum Gasteiger partial charge on any atom is -0.496 e. The lowest BCUT2D eigenvalue weighted by Gasteiger charge is -2.09. The molecule has 0 aliphatic rings. The molecule has 0 fully saturated rings. The van der Waals surface area contributed by atoms with Gasteiger partial charge in [0.05, 0.1) is 19.7 Å². The topological polar surface area (TPSA) is 35.4 Å². The average Bonchev–Trinajstić information content (AvgIpc) is 2.67. The van der Waals surface area contributed by atoms with Crippen LogP contribution in [0.4, 0.5) is 0 Å². The van der Waals surface area contributed by atoms with E-state index in [0.717, 1.165) is 28.9 Å². The van der Waals surface area contributed by atoms with Crippen LogP contribution < -0.4 is 14.8 Å². The third-order valence-corrected chi connectivity index (χ3v) is 2.93. The smallest absolute Gasteiger partial charge is 0.143 e. The van der Waals surface area contributed by atoms with Gasteiger partial charge in [-0.2, -0.15) is 0 Å². The summed E-state index contributed by atoms with van der Waals surface area (Å²) in [6.07, 6.45) is 2.10. The van der Waals surface area contributed by atoms with E-state index in [0.29, 0.717) is 0 Å². The lowest BCUT2D eigenvalue weighted by atomic mass is 10.1. The van der Waals surface area contributed by atoms with Crippen LogP contribution in [0.5, 0.6) is 11.5 Å². The molecule has 4 nitrogen and oxygen atoms in total. The highest BCUT2D eigenvalue weighted by molar-refractivity contribution is 5.94. The largest absolute Gasteiger partial charge is 0.496 e. The van der Waals surface area contributed by atoms with Crippen LogP contribution in [0, 0.1) is 0 Å². The molecule has 0 amide bonds. The third-order valence-electron chi connectivity index (χ3n) is 2.93. The summed E-state index contributed by atoms with van der Waals surface area (Å²) in [4.78, 5) is 0. The molecule has 0 saturated carbocycles. The van der Waals surface area contributed by atoms with E-state index in [1.807, 2.05) is 26.2 Å². The van der Waals surface area contributed by atoms with Gasteiger partial charge in [-0.15, -0.1) is 0 Å². The predicted octanol–water partition coefficient (Wildman–Crippen LogP) is 1.91. The predicted molar refractivity (Wildman–Crippen MR) is 68.8 cm³/mol. The number of aromatic nitrogens is 1. The number of ether oxygens (including phenoxy) is 2. The summed E-state index contributed by atoms with van der Waals surface area (Å²) in [6, 6.07) is 3.88. The van der Waals surface area contributed by atoms with Crippen molar-refractivity contribution in [2.45, 2.75) is 6.54 Å². The molecular formula is C13H18N2O2. The van der Waals surface area contributed by atoms with Crippen LogP contribution in [0.1, 0.15) is 5.56 Å². The first-order chi connectivity index (χ1) is 8.22. The Morgan fingerprint density at radius 2 is 1.82 bits per heavy atom. The minimum absolute atomic E-state index is 0.806. The quantitative estimate of drug-likeness (QED) is 0.877. The second-order valence-electron chi connectivity index (χ2n) is 3.99. The van der Waals surface area contributed by atoms with E-state index in [4.69, 9.17) is 9.47 Å². The monoisotopic (exact) mass is 234 g/mol. The zero-order valence-electron chi connectivity index (χ0n) is 10.7. The molecule has 0 bridgehead atoms. The van der Waals surface area contributed by atoms with Gasteiger partial charge >= 0.3 is 0 Å². The van der Waals surface area contributed by atoms with E-state index < -0.39 is 0 Å². The maximum atomic E-state index is 5.43. The summed E-state index contributed by atoms with van der Waals surface area (Å²) < 4.78 is 12.9. The van der Waals surface area contributed by atoms with E-state index in [-0.39, 0.29) is 0 Å². The molecule has 0 saturated heterocycles. The van der Waals surface area contributed by atoms with Crippen molar-refractivity contribution >= 4 is 10.9 Å². The summed E-state index contributed by atoms with van der Waals surface area (Å²) in [5.74, 6) is 1.75. The fourth-order valence-electron chi connectivity index (χ4n) is 2.24. The molecular weight excluding hydrogens is 216 g/mol. The standard InChI is InChI=1S/C13H18N2O2/c1-14-7-9-8-15(2)13-11(17-4)6-5-10(16-3)12(9)13/h5-6,8,14H,7H2,1-4H3. The second kappa shape index (κ2) is 4.67. The number of nitrogens with zero attached hydrogens (tertiary/aromatic N) is 1. The Balaban J connectivity index is 2.77. The molecule has 0 aliphatic carbocycles. The highest BCUT2D eigenvalue weighted by atomic mass is 16.5. The van der Waals surface area contributed by atoms with Crippen molar-refractivity contribution in [1.29, 1.82) is 0 Å². The molecule has 1 N–H and O–H groups in total. The van der Waals surface area contributed by atoms with Gasteiger partial charge in [-0.1, -0.05) is 0 Å². The Kier molecular flexibility index (Phi) is 3.24. The molecule has 1 aromatic carbocycles. The molecule has 1 heterocycles. The number of methoxy groups -OCH3 is 2. The molecule has 2 rings (SSSR count). The van der Waals surface area contributed by atoms with Crippen LogP contribution in [0.3, 0.4) is 0 Å². The fraction of sp³-hybridized carbons (Fsp3) is 0.385. The van der Waals surface area contributed by atoms with Crippen LogP contribution in [0.2, 0.25) is 0 Å². The minimum atomic E-state index is 0.806. The van der Waals surface area contributed by atoms with Gasteiger partial charge in [0.25, 0.3) is 0 Å². The van der Waals surface area contributed by atoms with Gasteiger partial charge < -0.3 is 19.4 Å². The van der Waals surface area contributed by atoms with E-state index in [2.05, 4.69) is 16.1 Å². The number of rotatable bonds is 4. The van der Waals surface area contributed by atoms with Gasteiger partial charge in [0, 0.05) is 25.2 Å². The Morgan fingerprint density at radius 1 is 1.18 bits per heavy atom. The third kappa shape index (κ3) is 1.85. The summed E-state index contributed by atoms with van der Waals surface area (Å²) in [5.41, 5.74) is 2.28. The number of benzene rings is 1. The van der Waals surface area contributed by atoms with Gasteiger partial charge in [0.15, 0.2) is 0 Å². The Morgan fingerprint density at radius 3 is 2.41 bits per heavy atom. The summed E-state index contributed by atoms with van der Waals surface area (Å²) >= 11 is 0. The molecule has 0 unspecified atom stereocenters. The van der Waals surface area contributed by atoms with Crippen LogP contribution in [0.15, 0.2) is 18.3 Å². The molecule has 17 heavy (non-hydrogen) atoms. The van der Waals surface area contributed by atoms with Crippen LogP contribution in [-0.2, 0) is 13.6 Å². The Bertz CT molecular complexity index is 532. The molecule has 0 aliphatic heterocycles. The molecule has 4 heteroatoms. The number of fused-ring (bicyclic) bond motifs is 1. The lowest BCUT2D eigenvalue weighted by molar-refractivity contribution is 0.409. The number of hydrogen-bond donors (Lipinski definition) is 1. The maximum absolute atomic E-state index is 5.43. The number of hydrogen-bond acceptors (Lipinski definition) is 3. The molecule has 0 atom stereocenters. The molecule has 0 radical (unpaired) electrons. The summed E-state index contributed by atoms with van der Waals surface area (Å²) in [5, 5.41) is 4.28. The molecule has 0 spiro atoms. The fourth-order valence-corrected chi connectivity index (χ4v) is 2.24. The maximum Gasteiger partial charge on any atom is 0.143 e. The van der Waals surface area contributed by atoms with E-state index >= 15 is 0 Å². The summed E-state index contributed by atoms with van der Waals surface area (Å²) in [6.45, 7) is 0.806. The van der Waals surface area contributed by atoms with Crippen molar-refractivity contribution in [1.82, 2.24) is 9.88 Å². The highest BCUT2D eigenvalue weighted by Gasteiger charge is 2.15. The number of nitrogens with one attached hydrogen (secondary N) is 1. The van der Waals surface area contributed by atoms with E-state index in [1.165, 1.54) is 5.56 Å². The first-order valence-electron chi connectivity index (χ1n) is 5.56. The van der Waals surface area contributed by atoms with Gasteiger partial charge in [-0.3, -0.25) is 0 Å². The lowest BCUT2D eigenvalue weighted by Crippen LogP contribution is -2.04. The molecule has 2 aromatic rings. The Labute approximate surface area is 101 Å². The zero-order chi connectivity index (χ0) is 12.4. The van der Waals surface area contributed by atoms with Crippen LogP contribution in [-0.4, -0.2) is 25.8 Å². The molecule has 92 valence electrons. The van der Waals surface area contributed by atoms with Gasteiger partial charge in [-0.25, -0.2) is 0 Å². The van der Waals surface area contributed by atoms with Crippen molar-refractivity contribution in [3.05, 3.63) is 23.9 Å². The van der Waals surface area contributed by atoms with Crippen molar-refractivity contribution in [2.75, 3.05) is 21.3 Å². The number of aryl methyl sites for hydroxylation is 1. The van der Waals surface area contributed by atoms with Crippen LogP contribution >= 0.6 is 0 Å². The van der Waals surface area contributed by atoms with Gasteiger partial charge in [0.2, 0.25) is 0 Å². The van der Waals surface area contributed by atoms with Crippen LogP contribution in [0.25, 0.3) is 10.9 Å². The van der Waals surface area contributed by atoms with Crippen molar-refractivity contribution in [3.63, 3.8) is 0 Å². The summed E-state index contributed by atoms with van der Waals surface area (Å²) in [7, 11) is 7.33. The van der Waals surface area contributed by atoms with Gasteiger partial charge in [0.1, 0.15) is 11.5 Å². The van der Waals surface area contributed by atoms with Crippen molar-refractivity contribution < 1.29 is 9.47 Å². The first-order valence-corrected chi connectivity index (χ1v) is 5.56. The second-order valence-corrected chi connectivity index (χ2v) is 3.99. The average molecular weight is 234 g/mol.